The van der Waals surface area contributed by atoms with E-state index in [2.05, 4.69) is 0 Å². The van der Waals surface area contributed by atoms with Gasteiger partial charge in [0.2, 0.25) is 0 Å². The van der Waals surface area contributed by atoms with Crippen LogP contribution in [0.4, 0.5) is 0 Å². The molecule has 0 radical (unpaired) electrons. The van der Waals surface area contributed by atoms with Crippen molar-refractivity contribution in [1.82, 2.24) is 9.47 Å². The van der Waals surface area contributed by atoms with Crippen molar-refractivity contribution < 1.29 is 14.7 Å². The Morgan fingerprint density at radius 1 is 1.53 bits per heavy atom. The molecule has 0 aromatic carbocycles. The lowest BCUT2D eigenvalue weighted by molar-refractivity contribution is -0.141. The number of nitrogens with zero attached hydrogens (tertiary/aromatic N) is 2. The number of aryl methyl sites for hydroxylation is 1. The Morgan fingerprint density at radius 2 is 2.24 bits per heavy atom. The van der Waals surface area contributed by atoms with Gasteiger partial charge in [-0.25, -0.2) is 0 Å². The highest BCUT2D eigenvalue weighted by Crippen LogP contribution is 2.20. The summed E-state index contributed by atoms with van der Waals surface area (Å²) >= 11 is 5.81. The minimum atomic E-state index is -0.842. The highest BCUT2D eigenvalue weighted by molar-refractivity contribution is 6.31. The van der Waals surface area contributed by atoms with E-state index in [-0.39, 0.29) is 12.5 Å². The van der Waals surface area contributed by atoms with E-state index in [4.69, 9.17) is 16.7 Å². The lowest BCUT2D eigenvalue weighted by Crippen LogP contribution is -2.31. The molecule has 6 heteroatoms. The minimum absolute atomic E-state index is 0.164. The number of halogens is 1. The second kappa shape index (κ2) is 4.41. The van der Waals surface area contributed by atoms with Gasteiger partial charge in [-0.1, -0.05) is 11.6 Å². The number of carboxylic acids is 1. The van der Waals surface area contributed by atoms with Crippen LogP contribution in [-0.4, -0.2) is 39.5 Å². The predicted molar refractivity (Wildman–Crippen MR) is 62.1 cm³/mol. The van der Waals surface area contributed by atoms with Crippen LogP contribution in [0, 0.1) is 5.92 Å². The fraction of sp³-hybridized carbons (Fsp3) is 0.455. The fourth-order valence-electron chi connectivity index (χ4n) is 2.05. The maximum atomic E-state index is 12.1. The molecule has 1 fully saturated rings. The molecular weight excluding hydrogens is 244 g/mol. The monoisotopic (exact) mass is 256 g/mol. The number of carbonyl (C=O) groups excluding carboxylic acids is 1. The Labute approximate surface area is 104 Å². The van der Waals surface area contributed by atoms with E-state index in [0.29, 0.717) is 23.7 Å². The highest BCUT2D eigenvalue weighted by atomic mass is 35.5. The van der Waals surface area contributed by atoms with E-state index in [1.165, 1.54) is 0 Å². The van der Waals surface area contributed by atoms with Crippen molar-refractivity contribution in [3.05, 3.63) is 23.0 Å². The SMILES string of the molecule is Cn1cc(Cl)cc1C(=O)N1CC[C@@H](C(=O)O)C1. The summed E-state index contributed by atoms with van der Waals surface area (Å²) in [4.78, 5) is 24.5. The topological polar surface area (TPSA) is 62.5 Å². The molecule has 1 N–H and O–H groups in total. The molecule has 5 nitrogen and oxygen atoms in total. The van der Waals surface area contributed by atoms with Gasteiger partial charge in [0.25, 0.3) is 5.91 Å². The first-order valence-corrected chi connectivity index (χ1v) is 5.71. The van der Waals surface area contributed by atoms with E-state index in [1.807, 2.05) is 0 Å². The largest absolute Gasteiger partial charge is 0.481 e. The molecule has 0 spiro atoms. The molecule has 2 heterocycles. The maximum Gasteiger partial charge on any atom is 0.308 e. The van der Waals surface area contributed by atoms with Crippen molar-refractivity contribution in [3.63, 3.8) is 0 Å². The summed E-state index contributed by atoms with van der Waals surface area (Å²) in [7, 11) is 1.74. The second-order valence-electron chi connectivity index (χ2n) is 4.23. The zero-order chi connectivity index (χ0) is 12.6. The van der Waals surface area contributed by atoms with Gasteiger partial charge in [0, 0.05) is 26.3 Å². The fourth-order valence-corrected chi connectivity index (χ4v) is 2.29. The standard InChI is InChI=1S/C11H13ClN2O3/c1-13-6-8(12)4-9(13)10(15)14-3-2-7(5-14)11(16)17/h4,6-7H,2-3,5H2,1H3,(H,16,17)/t7-/m1/s1. The Bertz CT molecular complexity index is 469. The van der Waals surface area contributed by atoms with E-state index >= 15 is 0 Å². The average molecular weight is 257 g/mol. The van der Waals surface area contributed by atoms with Crippen molar-refractivity contribution in [2.75, 3.05) is 13.1 Å². The van der Waals surface area contributed by atoms with Crippen LogP contribution in [0.5, 0.6) is 0 Å². The minimum Gasteiger partial charge on any atom is -0.481 e. The number of rotatable bonds is 2. The van der Waals surface area contributed by atoms with E-state index in [9.17, 15) is 9.59 Å². The van der Waals surface area contributed by atoms with Gasteiger partial charge in [-0.05, 0) is 12.5 Å². The van der Waals surface area contributed by atoms with Gasteiger partial charge < -0.3 is 14.6 Å². The molecule has 1 aromatic heterocycles. The van der Waals surface area contributed by atoms with Crippen molar-refractivity contribution >= 4 is 23.5 Å². The number of carbonyl (C=O) groups is 2. The summed E-state index contributed by atoms with van der Waals surface area (Å²) in [5.41, 5.74) is 0.487. The van der Waals surface area contributed by atoms with Crippen LogP contribution in [0.15, 0.2) is 12.3 Å². The lowest BCUT2D eigenvalue weighted by Gasteiger charge is -2.15. The van der Waals surface area contributed by atoms with E-state index < -0.39 is 11.9 Å². The summed E-state index contributed by atoms with van der Waals surface area (Å²) in [5.74, 6) is -1.46. The molecule has 0 bridgehead atoms. The number of hydrogen-bond donors (Lipinski definition) is 1. The van der Waals surface area contributed by atoms with Crippen molar-refractivity contribution in [1.29, 1.82) is 0 Å². The van der Waals surface area contributed by atoms with Gasteiger partial charge in [0.1, 0.15) is 5.69 Å². The Hall–Kier alpha value is -1.49. The quantitative estimate of drug-likeness (QED) is 0.866. The van der Waals surface area contributed by atoms with Crippen LogP contribution in [0.1, 0.15) is 16.9 Å². The third-order valence-electron chi connectivity index (χ3n) is 3.02. The average Bonchev–Trinajstić information content (AvgIpc) is 2.84. The van der Waals surface area contributed by atoms with Gasteiger partial charge >= 0.3 is 5.97 Å². The highest BCUT2D eigenvalue weighted by Gasteiger charge is 2.32. The molecule has 2 rings (SSSR count). The molecule has 1 aliphatic heterocycles. The number of aromatic nitrogens is 1. The molecule has 1 aromatic rings. The summed E-state index contributed by atoms with van der Waals surface area (Å²) in [6.45, 7) is 0.759. The molecule has 92 valence electrons. The van der Waals surface area contributed by atoms with Crippen LogP contribution < -0.4 is 0 Å². The second-order valence-corrected chi connectivity index (χ2v) is 4.67. The Morgan fingerprint density at radius 3 is 2.71 bits per heavy atom. The summed E-state index contributed by atoms with van der Waals surface area (Å²) in [6, 6.07) is 1.60. The van der Waals surface area contributed by atoms with E-state index in [0.717, 1.165) is 0 Å². The van der Waals surface area contributed by atoms with Crippen LogP contribution in [0.2, 0.25) is 5.02 Å². The van der Waals surface area contributed by atoms with Gasteiger partial charge in [0.15, 0.2) is 0 Å². The number of hydrogen-bond acceptors (Lipinski definition) is 2. The van der Waals surface area contributed by atoms with Gasteiger partial charge in [-0.3, -0.25) is 9.59 Å². The van der Waals surface area contributed by atoms with Crippen molar-refractivity contribution in [2.45, 2.75) is 6.42 Å². The van der Waals surface area contributed by atoms with Gasteiger partial charge in [-0.15, -0.1) is 0 Å². The van der Waals surface area contributed by atoms with Crippen LogP contribution in [0.3, 0.4) is 0 Å². The predicted octanol–water partition coefficient (Wildman–Crippen LogP) is 1.23. The summed E-state index contributed by atoms with van der Waals surface area (Å²) in [5, 5.41) is 9.38. The number of likely N-dealkylation sites (tertiary alicyclic amines) is 1. The van der Waals surface area contributed by atoms with Crippen LogP contribution >= 0.6 is 11.6 Å². The maximum absolute atomic E-state index is 12.1. The Kier molecular flexibility index (Phi) is 3.11. The molecule has 1 aliphatic rings. The van der Waals surface area contributed by atoms with Crippen molar-refractivity contribution in [2.24, 2.45) is 13.0 Å². The molecule has 1 atom stereocenters. The van der Waals surface area contributed by atoms with Gasteiger partial charge in [-0.2, -0.15) is 0 Å². The van der Waals surface area contributed by atoms with E-state index in [1.54, 1.807) is 28.8 Å². The summed E-state index contributed by atoms with van der Waals surface area (Å²) in [6.07, 6.45) is 2.17. The molecule has 1 saturated heterocycles. The van der Waals surface area contributed by atoms with Crippen molar-refractivity contribution in [3.8, 4) is 0 Å². The van der Waals surface area contributed by atoms with Crippen LogP contribution in [-0.2, 0) is 11.8 Å². The molecule has 0 aliphatic carbocycles. The Balaban J connectivity index is 2.12. The molecule has 17 heavy (non-hydrogen) atoms. The summed E-state index contributed by atoms with van der Waals surface area (Å²) < 4.78 is 1.65. The normalized spacial score (nSPS) is 19.6. The first-order chi connectivity index (χ1) is 7.99. The molecule has 0 unspecified atom stereocenters. The zero-order valence-electron chi connectivity index (χ0n) is 9.39. The molecular formula is C11H13ClN2O3. The molecule has 1 amide bonds. The molecule has 0 saturated carbocycles. The lowest BCUT2D eigenvalue weighted by atomic mass is 10.1. The van der Waals surface area contributed by atoms with Gasteiger partial charge in [0.05, 0.1) is 10.9 Å². The zero-order valence-corrected chi connectivity index (χ0v) is 10.1. The third kappa shape index (κ3) is 2.29. The first kappa shape index (κ1) is 12.0. The number of amides is 1. The number of aliphatic carboxylic acids is 1. The first-order valence-electron chi connectivity index (χ1n) is 5.33. The smallest absolute Gasteiger partial charge is 0.308 e. The van der Waals surface area contributed by atoms with Crippen LogP contribution in [0.25, 0.3) is 0 Å². The number of carboxylic acid groups (broad SMARTS) is 1. The third-order valence-corrected chi connectivity index (χ3v) is 3.22.